The van der Waals surface area contributed by atoms with Crippen molar-refractivity contribution in [1.29, 1.82) is 5.41 Å². The normalized spacial score (nSPS) is 12.8. The quantitative estimate of drug-likeness (QED) is 0.0980. The molecule has 220 valence electrons. The number of aromatic nitrogens is 1. The van der Waals surface area contributed by atoms with Crippen LogP contribution in [0.2, 0.25) is 0 Å². The Morgan fingerprint density at radius 1 is 1.05 bits per heavy atom. The van der Waals surface area contributed by atoms with Crippen molar-refractivity contribution in [2.45, 2.75) is 44.8 Å². The average molecular weight is 586 g/mol. The van der Waals surface area contributed by atoms with Crippen LogP contribution in [0, 0.1) is 5.41 Å². The number of carbonyl (C=O) groups is 3. The number of benzene rings is 2. The van der Waals surface area contributed by atoms with Crippen molar-refractivity contribution in [2.24, 2.45) is 11.5 Å². The molecule has 0 unspecified atom stereocenters. The van der Waals surface area contributed by atoms with Crippen molar-refractivity contribution in [3.8, 4) is 5.75 Å². The highest BCUT2D eigenvalue weighted by Gasteiger charge is 2.29. The van der Waals surface area contributed by atoms with Gasteiger partial charge < -0.3 is 31.8 Å². The summed E-state index contributed by atoms with van der Waals surface area (Å²) in [5, 5.41) is 13.5. The molecule has 3 amide bonds. The summed E-state index contributed by atoms with van der Waals surface area (Å²) in [5.41, 5.74) is 13.4. The number of amides is 3. The molecule has 0 radical (unpaired) electrons. The lowest BCUT2D eigenvalue weighted by atomic mass is 10.0. The number of ether oxygens (including phenoxy) is 1. The molecule has 3 rings (SSSR count). The number of hydrogen-bond donors (Lipinski definition) is 7. The van der Waals surface area contributed by atoms with Gasteiger partial charge in [-0.3, -0.25) is 19.8 Å². The van der Waals surface area contributed by atoms with E-state index >= 15 is 0 Å². The number of hydrogen-bond acceptors (Lipinski definition) is 7. The van der Waals surface area contributed by atoms with E-state index in [1.165, 1.54) is 14.0 Å². The first kappa shape index (κ1) is 31.1. The van der Waals surface area contributed by atoms with Crippen LogP contribution in [0.4, 0.5) is 0 Å². The first-order valence-corrected chi connectivity index (χ1v) is 14.5. The highest BCUT2D eigenvalue weighted by Crippen LogP contribution is 2.24. The molecule has 1 heterocycles. The largest absolute Gasteiger partial charge is 0.497 e. The van der Waals surface area contributed by atoms with Crippen molar-refractivity contribution < 1.29 is 27.5 Å². The fourth-order valence-corrected chi connectivity index (χ4v) is 4.89. The smallest absolute Gasteiger partial charge is 0.242 e. The number of H-pyrrole nitrogens is 1. The zero-order valence-electron chi connectivity index (χ0n) is 22.8. The molecule has 0 saturated carbocycles. The lowest BCUT2D eigenvalue weighted by Crippen LogP contribution is -2.54. The van der Waals surface area contributed by atoms with Crippen LogP contribution >= 0.6 is 0 Å². The summed E-state index contributed by atoms with van der Waals surface area (Å²) >= 11 is 0. The number of nitrogens with one attached hydrogen (secondary N) is 5. The average Bonchev–Trinajstić information content (AvgIpc) is 3.35. The van der Waals surface area contributed by atoms with Crippen LogP contribution in [-0.2, 0) is 37.4 Å². The Kier molecular flexibility index (Phi) is 10.4. The number of nitrogens with two attached hydrogens (primary N) is 2. The van der Waals surface area contributed by atoms with E-state index in [1.807, 2.05) is 0 Å². The molecule has 0 fully saturated rings. The molecule has 41 heavy (non-hydrogen) atoms. The van der Waals surface area contributed by atoms with Crippen molar-refractivity contribution in [1.82, 2.24) is 20.3 Å². The van der Waals surface area contributed by atoms with Gasteiger partial charge in [0, 0.05) is 35.6 Å². The number of fused-ring (bicyclic) bond motifs is 1. The molecule has 0 bridgehead atoms. The highest BCUT2D eigenvalue weighted by atomic mass is 32.2. The minimum Gasteiger partial charge on any atom is -0.497 e. The van der Waals surface area contributed by atoms with Gasteiger partial charge in [-0.1, -0.05) is 24.3 Å². The zero-order chi connectivity index (χ0) is 30.2. The molecule has 2 aromatic carbocycles. The SMILES string of the molecule is CCS(=O)(=O)N[C@H](Cc1c[nH]c2ccc(OC)cc12)C(=O)N[C@@H](CCC(N)=O)C(=O)NCc1ccc(C(=N)N)cc1. The second-order valence-electron chi connectivity index (χ2n) is 9.40. The first-order valence-electron chi connectivity index (χ1n) is 12.9. The third-order valence-corrected chi connectivity index (χ3v) is 7.86. The molecule has 0 aliphatic carbocycles. The van der Waals surface area contributed by atoms with Crippen molar-refractivity contribution in [3.05, 3.63) is 65.4 Å². The minimum absolute atomic E-state index is 0.0229. The number of nitrogen functional groups attached to an aromatic ring is 1. The van der Waals surface area contributed by atoms with Gasteiger partial charge in [0.2, 0.25) is 27.7 Å². The molecule has 14 heteroatoms. The van der Waals surface area contributed by atoms with E-state index in [4.69, 9.17) is 21.6 Å². The Morgan fingerprint density at radius 2 is 1.76 bits per heavy atom. The number of methoxy groups -OCH3 is 1. The van der Waals surface area contributed by atoms with Crippen LogP contribution in [0.5, 0.6) is 5.75 Å². The zero-order valence-corrected chi connectivity index (χ0v) is 23.6. The fraction of sp³-hybridized carbons (Fsp3) is 0.333. The van der Waals surface area contributed by atoms with Crippen molar-refractivity contribution in [2.75, 3.05) is 12.9 Å². The van der Waals surface area contributed by atoms with E-state index in [9.17, 15) is 22.8 Å². The molecule has 0 aliphatic heterocycles. The number of sulfonamides is 1. The second kappa shape index (κ2) is 13.8. The van der Waals surface area contributed by atoms with E-state index in [1.54, 1.807) is 48.7 Å². The van der Waals surface area contributed by atoms with Gasteiger partial charge in [-0.15, -0.1) is 0 Å². The number of carbonyl (C=O) groups excluding carboxylic acids is 3. The fourth-order valence-electron chi connectivity index (χ4n) is 4.10. The predicted octanol–water partition coefficient (Wildman–Crippen LogP) is 0.378. The molecular weight excluding hydrogens is 550 g/mol. The summed E-state index contributed by atoms with van der Waals surface area (Å²) < 4.78 is 32.7. The van der Waals surface area contributed by atoms with Crippen LogP contribution in [0.1, 0.15) is 36.5 Å². The van der Waals surface area contributed by atoms with Gasteiger partial charge in [-0.2, -0.15) is 0 Å². The number of rotatable bonds is 15. The Balaban J connectivity index is 1.80. The van der Waals surface area contributed by atoms with Crippen LogP contribution in [0.25, 0.3) is 10.9 Å². The van der Waals surface area contributed by atoms with E-state index < -0.39 is 39.8 Å². The maximum atomic E-state index is 13.5. The summed E-state index contributed by atoms with van der Waals surface area (Å²) in [6.45, 7) is 1.54. The van der Waals surface area contributed by atoms with Gasteiger partial charge in [0.15, 0.2) is 0 Å². The maximum Gasteiger partial charge on any atom is 0.242 e. The summed E-state index contributed by atoms with van der Waals surface area (Å²) in [5.74, 6) is -1.74. The van der Waals surface area contributed by atoms with E-state index in [0.29, 0.717) is 22.4 Å². The van der Waals surface area contributed by atoms with Gasteiger partial charge in [-0.25, -0.2) is 13.1 Å². The molecule has 13 nitrogen and oxygen atoms in total. The molecule has 9 N–H and O–H groups in total. The molecule has 0 saturated heterocycles. The van der Waals surface area contributed by atoms with Crippen LogP contribution in [0.3, 0.4) is 0 Å². The lowest BCUT2D eigenvalue weighted by Gasteiger charge is -2.23. The monoisotopic (exact) mass is 585 g/mol. The highest BCUT2D eigenvalue weighted by molar-refractivity contribution is 7.89. The van der Waals surface area contributed by atoms with Gasteiger partial charge in [0.1, 0.15) is 23.7 Å². The molecule has 0 spiro atoms. The topological polar surface area (TPSA) is 222 Å². The first-order chi connectivity index (χ1) is 19.4. The minimum atomic E-state index is -3.82. The molecular formula is C27H35N7O6S. The van der Waals surface area contributed by atoms with Crippen LogP contribution in [-0.4, -0.2) is 61.9 Å². The van der Waals surface area contributed by atoms with Gasteiger partial charge in [0.25, 0.3) is 0 Å². The molecule has 0 aliphatic rings. The molecule has 2 atom stereocenters. The van der Waals surface area contributed by atoms with E-state index in [-0.39, 0.29) is 37.4 Å². The Morgan fingerprint density at radius 3 is 2.37 bits per heavy atom. The molecule has 3 aromatic rings. The van der Waals surface area contributed by atoms with E-state index in [2.05, 4.69) is 20.3 Å². The van der Waals surface area contributed by atoms with Gasteiger partial charge in [0.05, 0.1) is 12.9 Å². The Hall–Kier alpha value is -4.43. The molecule has 1 aromatic heterocycles. The summed E-state index contributed by atoms with van der Waals surface area (Å²) in [6.07, 6.45) is 1.39. The van der Waals surface area contributed by atoms with Crippen molar-refractivity contribution >= 4 is 44.5 Å². The third kappa shape index (κ3) is 8.78. The lowest BCUT2D eigenvalue weighted by molar-refractivity contribution is -0.130. The third-order valence-electron chi connectivity index (χ3n) is 6.46. The summed E-state index contributed by atoms with van der Waals surface area (Å²) in [7, 11) is -2.29. The Labute approximate surface area is 237 Å². The summed E-state index contributed by atoms with van der Waals surface area (Å²) in [6, 6.07) is 9.60. The number of primary amides is 1. The Bertz CT molecular complexity index is 1520. The van der Waals surface area contributed by atoms with Crippen molar-refractivity contribution in [3.63, 3.8) is 0 Å². The van der Waals surface area contributed by atoms with Crippen LogP contribution < -0.4 is 31.6 Å². The maximum absolute atomic E-state index is 13.5. The van der Waals surface area contributed by atoms with Crippen LogP contribution in [0.15, 0.2) is 48.7 Å². The summed E-state index contributed by atoms with van der Waals surface area (Å²) in [4.78, 5) is 41.1. The van der Waals surface area contributed by atoms with E-state index in [0.717, 1.165) is 10.9 Å². The second-order valence-corrected chi connectivity index (χ2v) is 11.4. The number of aromatic amines is 1. The van der Waals surface area contributed by atoms with Gasteiger partial charge in [-0.05, 0) is 49.1 Å². The standard InChI is InChI=1S/C27H35N7O6S/c1-3-41(38,39)34-23(12-18-15-31-21-9-8-19(40-2)13-20(18)21)27(37)33-22(10-11-24(28)35)26(36)32-14-16-4-6-17(7-5-16)25(29)30/h4-9,13,15,22-23,31,34H,3,10-12,14H2,1-2H3,(H2,28,35)(H3,29,30)(H,32,36)(H,33,37)/t22-,23+/m0/s1. The predicted molar refractivity (Wildman–Crippen MR) is 155 cm³/mol. The van der Waals surface area contributed by atoms with Gasteiger partial charge >= 0.3 is 0 Å². The number of amidine groups is 1.